The normalized spacial score (nSPS) is 10.6. The summed E-state index contributed by atoms with van der Waals surface area (Å²) in [4.78, 5) is 30.4. The van der Waals surface area contributed by atoms with E-state index in [0.717, 1.165) is 21.4 Å². The van der Waals surface area contributed by atoms with Crippen LogP contribution >= 0.6 is 11.8 Å². The van der Waals surface area contributed by atoms with E-state index in [1.165, 1.54) is 11.8 Å². The molecule has 1 heterocycles. The van der Waals surface area contributed by atoms with E-state index in [-0.39, 0.29) is 17.6 Å². The van der Waals surface area contributed by atoms with Gasteiger partial charge in [-0.25, -0.2) is 0 Å². The van der Waals surface area contributed by atoms with E-state index >= 15 is 0 Å². The Morgan fingerprint density at radius 2 is 1.71 bits per heavy atom. The van der Waals surface area contributed by atoms with Gasteiger partial charge in [0.05, 0.1) is 11.3 Å². The van der Waals surface area contributed by atoms with Crippen LogP contribution in [0.5, 0.6) is 0 Å². The second-order valence-corrected chi connectivity index (χ2v) is 8.04. The van der Waals surface area contributed by atoms with Gasteiger partial charge >= 0.3 is 0 Å². The SMILES string of the molecule is Cc1ccc(NC(=O)CSc2cccc3cccnc23)cc1NC(=O)c1ccccc1. The second kappa shape index (κ2) is 9.45. The lowest BCUT2D eigenvalue weighted by atomic mass is 10.1. The molecular formula is C25H21N3O2S. The molecule has 1 aromatic heterocycles. The monoisotopic (exact) mass is 427 g/mol. The molecule has 5 nitrogen and oxygen atoms in total. The number of carbonyl (C=O) groups excluding carboxylic acids is 2. The molecule has 4 aromatic rings. The minimum Gasteiger partial charge on any atom is -0.325 e. The molecule has 0 atom stereocenters. The molecular weight excluding hydrogens is 406 g/mol. The largest absolute Gasteiger partial charge is 0.325 e. The number of thioether (sulfide) groups is 1. The van der Waals surface area contributed by atoms with Gasteiger partial charge in [0.25, 0.3) is 5.91 Å². The molecule has 0 unspecified atom stereocenters. The Balaban J connectivity index is 1.41. The number of aryl methyl sites for hydroxylation is 1. The summed E-state index contributed by atoms with van der Waals surface area (Å²) in [6.07, 6.45) is 1.75. The van der Waals surface area contributed by atoms with Crippen molar-refractivity contribution in [1.29, 1.82) is 0 Å². The number of hydrogen-bond donors (Lipinski definition) is 2. The van der Waals surface area contributed by atoms with Crippen LogP contribution in [0.4, 0.5) is 11.4 Å². The van der Waals surface area contributed by atoms with Gasteiger partial charge in [0.2, 0.25) is 5.91 Å². The van der Waals surface area contributed by atoms with Crippen LogP contribution < -0.4 is 10.6 Å². The van der Waals surface area contributed by atoms with Crippen LogP contribution in [0, 0.1) is 6.92 Å². The first-order valence-electron chi connectivity index (χ1n) is 9.83. The molecule has 2 amide bonds. The standard InChI is InChI=1S/C25H21N3O2S/c1-17-12-13-20(15-21(17)28-25(30)19-7-3-2-4-8-19)27-23(29)16-31-22-11-5-9-18-10-6-14-26-24(18)22/h2-15H,16H2,1H3,(H,27,29)(H,28,30). The Bertz CT molecular complexity index is 1240. The zero-order chi connectivity index (χ0) is 21.6. The Morgan fingerprint density at radius 3 is 2.55 bits per heavy atom. The number of pyridine rings is 1. The quantitative estimate of drug-likeness (QED) is 0.397. The topological polar surface area (TPSA) is 71.1 Å². The molecule has 0 aliphatic carbocycles. The number of benzene rings is 3. The van der Waals surface area contributed by atoms with Crippen molar-refractivity contribution < 1.29 is 9.59 Å². The summed E-state index contributed by atoms with van der Waals surface area (Å²) in [6.45, 7) is 1.91. The van der Waals surface area contributed by atoms with Gasteiger partial charge in [-0.05, 0) is 48.9 Å². The van der Waals surface area contributed by atoms with Gasteiger partial charge in [-0.3, -0.25) is 14.6 Å². The van der Waals surface area contributed by atoms with Crippen molar-refractivity contribution in [2.75, 3.05) is 16.4 Å². The summed E-state index contributed by atoms with van der Waals surface area (Å²) < 4.78 is 0. The van der Waals surface area contributed by atoms with Gasteiger partial charge in [0.15, 0.2) is 0 Å². The van der Waals surface area contributed by atoms with Crippen LogP contribution in [0.25, 0.3) is 10.9 Å². The summed E-state index contributed by atoms with van der Waals surface area (Å²) in [7, 11) is 0. The fourth-order valence-corrected chi connectivity index (χ4v) is 3.99. The Labute approximate surface area is 184 Å². The summed E-state index contributed by atoms with van der Waals surface area (Å²) in [5.74, 6) is -0.0526. The lowest BCUT2D eigenvalue weighted by molar-refractivity contribution is -0.113. The molecule has 0 radical (unpaired) electrons. The molecule has 0 spiro atoms. The van der Waals surface area contributed by atoms with E-state index in [9.17, 15) is 9.59 Å². The van der Waals surface area contributed by atoms with Gasteiger partial charge in [0.1, 0.15) is 0 Å². The van der Waals surface area contributed by atoms with Gasteiger partial charge in [-0.15, -0.1) is 11.8 Å². The molecule has 0 saturated carbocycles. The van der Waals surface area contributed by atoms with Crippen molar-refractivity contribution in [3.05, 3.63) is 96.2 Å². The third-order valence-corrected chi connectivity index (χ3v) is 5.81. The number of rotatable bonds is 6. The lowest BCUT2D eigenvalue weighted by Crippen LogP contribution is -2.16. The van der Waals surface area contributed by atoms with Gasteiger partial charge in [-0.1, -0.05) is 42.5 Å². The average Bonchev–Trinajstić information content (AvgIpc) is 2.80. The number of para-hydroxylation sites is 1. The zero-order valence-electron chi connectivity index (χ0n) is 17.0. The lowest BCUT2D eigenvalue weighted by Gasteiger charge is -2.12. The van der Waals surface area contributed by atoms with Gasteiger partial charge < -0.3 is 10.6 Å². The summed E-state index contributed by atoms with van der Waals surface area (Å²) in [6, 6.07) is 24.3. The molecule has 154 valence electrons. The first-order valence-corrected chi connectivity index (χ1v) is 10.8. The smallest absolute Gasteiger partial charge is 0.255 e. The van der Waals surface area contributed by atoms with Gasteiger partial charge in [-0.2, -0.15) is 0 Å². The van der Waals surface area contributed by atoms with Crippen molar-refractivity contribution in [1.82, 2.24) is 4.98 Å². The van der Waals surface area contributed by atoms with Crippen LogP contribution in [-0.2, 0) is 4.79 Å². The molecule has 6 heteroatoms. The predicted molar refractivity (Wildman–Crippen MR) is 127 cm³/mol. The van der Waals surface area contributed by atoms with E-state index in [1.807, 2.05) is 67.6 Å². The third-order valence-electron chi connectivity index (χ3n) is 4.76. The maximum atomic E-state index is 12.5. The molecule has 3 aromatic carbocycles. The van der Waals surface area contributed by atoms with Crippen molar-refractivity contribution in [2.45, 2.75) is 11.8 Å². The fourth-order valence-electron chi connectivity index (χ4n) is 3.15. The Morgan fingerprint density at radius 1 is 0.903 bits per heavy atom. The summed E-state index contributed by atoms with van der Waals surface area (Å²) >= 11 is 1.45. The fraction of sp³-hybridized carbons (Fsp3) is 0.0800. The van der Waals surface area contributed by atoms with E-state index in [4.69, 9.17) is 0 Å². The van der Waals surface area contributed by atoms with Crippen LogP contribution in [0.1, 0.15) is 15.9 Å². The van der Waals surface area contributed by atoms with E-state index in [2.05, 4.69) is 15.6 Å². The second-order valence-electron chi connectivity index (χ2n) is 7.02. The van der Waals surface area contributed by atoms with Crippen molar-refractivity contribution in [3.63, 3.8) is 0 Å². The van der Waals surface area contributed by atoms with Crippen LogP contribution in [-0.4, -0.2) is 22.6 Å². The maximum Gasteiger partial charge on any atom is 0.255 e. The van der Waals surface area contributed by atoms with Crippen molar-refractivity contribution in [2.24, 2.45) is 0 Å². The Kier molecular flexibility index (Phi) is 6.29. The molecule has 0 saturated heterocycles. The van der Waals surface area contributed by atoms with Crippen LogP contribution in [0.2, 0.25) is 0 Å². The van der Waals surface area contributed by atoms with Crippen LogP contribution in [0.3, 0.4) is 0 Å². The number of amides is 2. The average molecular weight is 428 g/mol. The Hall–Kier alpha value is -3.64. The molecule has 0 fully saturated rings. The number of anilines is 2. The minimum atomic E-state index is -0.189. The van der Waals surface area contributed by atoms with E-state index < -0.39 is 0 Å². The predicted octanol–water partition coefficient (Wildman–Crippen LogP) is 5.53. The molecule has 31 heavy (non-hydrogen) atoms. The highest BCUT2D eigenvalue weighted by molar-refractivity contribution is 8.00. The highest BCUT2D eigenvalue weighted by Gasteiger charge is 2.10. The highest BCUT2D eigenvalue weighted by atomic mass is 32.2. The summed E-state index contributed by atoms with van der Waals surface area (Å²) in [5, 5.41) is 6.87. The molecule has 2 N–H and O–H groups in total. The zero-order valence-corrected chi connectivity index (χ0v) is 17.8. The molecule has 0 bridgehead atoms. The number of carbonyl (C=O) groups is 2. The number of nitrogens with one attached hydrogen (secondary N) is 2. The number of hydrogen-bond acceptors (Lipinski definition) is 4. The molecule has 4 rings (SSSR count). The molecule has 0 aliphatic heterocycles. The van der Waals surface area contributed by atoms with Gasteiger partial charge in [0, 0.05) is 33.4 Å². The van der Waals surface area contributed by atoms with Crippen molar-refractivity contribution in [3.8, 4) is 0 Å². The number of fused-ring (bicyclic) bond motifs is 1. The number of nitrogens with zero attached hydrogens (tertiary/aromatic N) is 1. The third kappa shape index (κ3) is 5.10. The first-order chi connectivity index (χ1) is 15.1. The maximum absolute atomic E-state index is 12.5. The summed E-state index contributed by atoms with van der Waals surface area (Å²) in [5.41, 5.74) is 3.69. The first kappa shape index (κ1) is 20.6. The van der Waals surface area contributed by atoms with Crippen LogP contribution in [0.15, 0.2) is 90.0 Å². The highest BCUT2D eigenvalue weighted by Crippen LogP contribution is 2.27. The minimum absolute atomic E-state index is 0.123. The molecule has 0 aliphatic rings. The van der Waals surface area contributed by atoms with Crippen molar-refractivity contribution >= 4 is 45.9 Å². The van der Waals surface area contributed by atoms with E-state index in [0.29, 0.717) is 16.9 Å². The number of aromatic nitrogens is 1. The van der Waals surface area contributed by atoms with E-state index in [1.54, 1.807) is 24.4 Å².